The van der Waals surface area contributed by atoms with E-state index in [4.69, 9.17) is 10.5 Å². The van der Waals surface area contributed by atoms with Gasteiger partial charge in [-0.1, -0.05) is 0 Å². The van der Waals surface area contributed by atoms with Crippen LogP contribution < -0.4 is 16.4 Å². The number of aryl methyl sites for hydroxylation is 1. The third-order valence-electron chi connectivity index (χ3n) is 2.58. The van der Waals surface area contributed by atoms with Crippen LogP contribution in [0.15, 0.2) is 6.20 Å². The van der Waals surface area contributed by atoms with Crippen molar-refractivity contribution >= 4 is 11.8 Å². The molecule has 0 saturated heterocycles. The minimum atomic E-state index is -0.459. The SMILES string of the molecule is Cn1ncc(N)c1CNCCCNC(=O)OC(C)(C)C. The van der Waals surface area contributed by atoms with Crippen molar-refractivity contribution in [3.05, 3.63) is 11.9 Å². The zero-order valence-corrected chi connectivity index (χ0v) is 12.7. The van der Waals surface area contributed by atoms with E-state index < -0.39 is 5.60 Å². The van der Waals surface area contributed by atoms with Crippen molar-refractivity contribution in [3.63, 3.8) is 0 Å². The van der Waals surface area contributed by atoms with Crippen molar-refractivity contribution in [2.24, 2.45) is 7.05 Å². The second kappa shape index (κ2) is 7.14. The van der Waals surface area contributed by atoms with Gasteiger partial charge in [-0.15, -0.1) is 0 Å². The van der Waals surface area contributed by atoms with E-state index in [1.165, 1.54) is 0 Å². The molecule has 0 aliphatic rings. The molecule has 0 aromatic carbocycles. The molecule has 20 heavy (non-hydrogen) atoms. The maximum atomic E-state index is 11.4. The third kappa shape index (κ3) is 5.92. The Bertz CT molecular complexity index is 417. The Hall–Kier alpha value is -1.76. The van der Waals surface area contributed by atoms with E-state index in [2.05, 4.69) is 15.7 Å². The summed E-state index contributed by atoms with van der Waals surface area (Å²) in [6, 6.07) is 0. The van der Waals surface area contributed by atoms with Crippen molar-refractivity contribution in [1.29, 1.82) is 0 Å². The summed E-state index contributed by atoms with van der Waals surface area (Å²) in [5.41, 5.74) is 6.97. The number of nitrogens with one attached hydrogen (secondary N) is 2. The van der Waals surface area contributed by atoms with Crippen LogP contribution in [-0.2, 0) is 18.3 Å². The van der Waals surface area contributed by atoms with E-state index in [0.29, 0.717) is 18.8 Å². The van der Waals surface area contributed by atoms with Crippen LogP contribution >= 0.6 is 0 Å². The van der Waals surface area contributed by atoms with Gasteiger partial charge in [-0.25, -0.2) is 4.79 Å². The summed E-state index contributed by atoms with van der Waals surface area (Å²) >= 11 is 0. The summed E-state index contributed by atoms with van der Waals surface area (Å²) in [5, 5.41) is 10.0. The molecule has 4 N–H and O–H groups in total. The summed E-state index contributed by atoms with van der Waals surface area (Å²) in [7, 11) is 1.86. The molecule has 0 bridgehead atoms. The molecule has 7 heteroatoms. The van der Waals surface area contributed by atoms with Crippen LogP contribution in [0.4, 0.5) is 10.5 Å². The highest BCUT2D eigenvalue weighted by atomic mass is 16.6. The number of carbonyl (C=O) groups excluding carboxylic acids is 1. The number of nitrogens with two attached hydrogens (primary N) is 1. The van der Waals surface area contributed by atoms with Crippen molar-refractivity contribution < 1.29 is 9.53 Å². The fraction of sp³-hybridized carbons (Fsp3) is 0.692. The highest BCUT2D eigenvalue weighted by Crippen LogP contribution is 2.08. The smallest absolute Gasteiger partial charge is 0.407 e. The van der Waals surface area contributed by atoms with Gasteiger partial charge in [0, 0.05) is 20.1 Å². The summed E-state index contributed by atoms with van der Waals surface area (Å²) in [6.45, 7) is 7.53. The van der Waals surface area contributed by atoms with Crippen LogP contribution in [0.5, 0.6) is 0 Å². The van der Waals surface area contributed by atoms with Gasteiger partial charge in [0.25, 0.3) is 0 Å². The van der Waals surface area contributed by atoms with E-state index in [1.54, 1.807) is 10.9 Å². The minimum absolute atomic E-state index is 0.381. The zero-order chi connectivity index (χ0) is 15.2. The molecule has 7 nitrogen and oxygen atoms in total. The van der Waals surface area contributed by atoms with Gasteiger partial charge in [-0.05, 0) is 33.7 Å². The predicted molar refractivity (Wildman–Crippen MR) is 78.2 cm³/mol. The van der Waals surface area contributed by atoms with E-state index in [9.17, 15) is 4.79 Å². The molecule has 0 fully saturated rings. The van der Waals surface area contributed by atoms with Crippen LogP contribution in [0.25, 0.3) is 0 Å². The number of ether oxygens (including phenoxy) is 1. The molecule has 114 valence electrons. The Morgan fingerprint density at radius 1 is 1.45 bits per heavy atom. The Balaban J connectivity index is 2.10. The number of amides is 1. The summed E-state index contributed by atoms with van der Waals surface area (Å²) < 4.78 is 6.89. The number of rotatable bonds is 6. The number of carbonyl (C=O) groups is 1. The van der Waals surface area contributed by atoms with E-state index in [1.807, 2.05) is 27.8 Å². The molecule has 1 aromatic heterocycles. The van der Waals surface area contributed by atoms with Crippen LogP contribution in [-0.4, -0.2) is 34.6 Å². The van der Waals surface area contributed by atoms with Crippen molar-refractivity contribution in [3.8, 4) is 0 Å². The molecule has 0 aliphatic heterocycles. The molecule has 1 heterocycles. The van der Waals surface area contributed by atoms with Crippen molar-refractivity contribution in [1.82, 2.24) is 20.4 Å². The molecule has 1 aromatic rings. The number of hydrogen-bond acceptors (Lipinski definition) is 5. The lowest BCUT2D eigenvalue weighted by molar-refractivity contribution is 0.0527. The van der Waals surface area contributed by atoms with Gasteiger partial charge < -0.3 is 21.1 Å². The minimum Gasteiger partial charge on any atom is -0.444 e. The molecule has 1 rings (SSSR count). The lowest BCUT2D eigenvalue weighted by Crippen LogP contribution is -2.33. The van der Waals surface area contributed by atoms with Crippen LogP contribution in [0.2, 0.25) is 0 Å². The zero-order valence-electron chi connectivity index (χ0n) is 12.7. The maximum absolute atomic E-state index is 11.4. The van der Waals surface area contributed by atoms with Gasteiger partial charge in [0.15, 0.2) is 0 Å². The summed E-state index contributed by atoms with van der Waals surface area (Å²) in [5.74, 6) is 0. The molecule has 0 spiro atoms. The first kappa shape index (κ1) is 16.3. The van der Waals surface area contributed by atoms with Gasteiger partial charge in [-0.2, -0.15) is 5.10 Å². The average Bonchev–Trinajstić information content (AvgIpc) is 2.62. The van der Waals surface area contributed by atoms with Gasteiger partial charge in [0.05, 0.1) is 17.6 Å². The van der Waals surface area contributed by atoms with Crippen LogP contribution in [0.1, 0.15) is 32.9 Å². The number of alkyl carbamates (subject to hydrolysis) is 1. The monoisotopic (exact) mass is 283 g/mol. The molecule has 0 saturated carbocycles. The van der Waals surface area contributed by atoms with Crippen molar-refractivity contribution in [2.45, 2.75) is 39.3 Å². The molecule has 1 amide bonds. The largest absolute Gasteiger partial charge is 0.444 e. The Labute approximate surface area is 119 Å². The molecule has 0 aliphatic carbocycles. The number of anilines is 1. The first-order chi connectivity index (χ1) is 9.29. The molecule has 0 radical (unpaired) electrons. The summed E-state index contributed by atoms with van der Waals surface area (Å²) in [6.07, 6.45) is 2.08. The van der Waals surface area contributed by atoms with Gasteiger partial charge in [0.2, 0.25) is 0 Å². The standard InChI is InChI=1S/C13H25N5O2/c1-13(2,3)20-12(19)16-7-5-6-15-9-11-10(14)8-17-18(11)4/h8,15H,5-7,9,14H2,1-4H3,(H,16,19). The molecular formula is C13H25N5O2. The first-order valence-electron chi connectivity index (χ1n) is 6.73. The second-order valence-corrected chi connectivity index (χ2v) is 5.63. The van der Waals surface area contributed by atoms with E-state index in [0.717, 1.165) is 18.7 Å². The highest BCUT2D eigenvalue weighted by molar-refractivity contribution is 5.67. The molecule has 0 atom stereocenters. The Morgan fingerprint density at radius 3 is 2.70 bits per heavy atom. The number of nitrogen functional groups attached to an aromatic ring is 1. The fourth-order valence-electron chi connectivity index (χ4n) is 1.62. The number of hydrogen-bond donors (Lipinski definition) is 3. The third-order valence-corrected chi connectivity index (χ3v) is 2.58. The summed E-state index contributed by atoms with van der Waals surface area (Å²) in [4.78, 5) is 11.4. The van der Waals surface area contributed by atoms with Crippen molar-refractivity contribution in [2.75, 3.05) is 18.8 Å². The maximum Gasteiger partial charge on any atom is 0.407 e. The number of nitrogens with zero attached hydrogens (tertiary/aromatic N) is 2. The fourth-order valence-corrected chi connectivity index (χ4v) is 1.62. The molecular weight excluding hydrogens is 258 g/mol. The highest BCUT2D eigenvalue weighted by Gasteiger charge is 2.15. The first-order valence-corrected chi connectivity index (χ1v) is 6.73. The van der Waals surface area contributed by atoms with E-state index in [-0.39, 0.29) is 6.09 Å². The lowest BCUT2D eigenvalue weighted by Gasteiger charge is -2.19. The Morgan fingerprint density at radius 2 is 2.15 bits per heavy atom. The number of aromatic nitrogens is 2. The lowest BCUT2D eigenvalue weighted by atomic mass is 10.2. The average molecular weight is 283 g/mol. The van der Waals surface area contributed by atoms with Gasteiger partial charge in [-0.3, -0.25) is 4.68 Å². The second-order valence-electron chi connectivity index (χ2n) is 5.63. The predicted octanol–water partition coefficient (Wildman–Crippen LogP) is 1.01. The van der Waals surface area contributed by atoms with Gasteiger partial charge >= 0.3 is 6.09 Å². The van der Waals surface area contributed by atoms with Crippen LogP contribution in [0.3, 0.4) is 0 Å². The topological polar surface area (TPSA) is 94.2 Å². The normalized spacial score (nSPS) is 11.4. The quantitative estimate of drug-likeness (QED) is 0.677. The van der Waals surface area contributed by atoms with E-state index >= 15 is 0 Å². The molecule has 0 unspecified atom stereocenters. The van der Waals surface area contributed by atoms with Crippen LogP contribution in [0, 0.1) is 0 Å². The Kier molecular flexibility index (Phi) is 5.82. The van der Waals surface area contributed by atoms with Gasteiger partial charge in [0.1, 0.15) is 5.60 Å².